The van der Waals surface area contributed by atoms with E-state index in [4.69, 9.17) is 4.74 Å². The zero-order valence-corrected chi connectivity index (χ0v) is 19.5. The van der Waals surface area contributed by atoms with Crippen molar-refractivity contribution in [2.45, 2.75) is 109 Å². The van der Waals surface area contributed by atoms with Gasteiger partial charge in [-0.2, -0.15) is 0 Å². The number of nitrogens with two attached hydrogens (primary N) is 1. The highest BCUT2D eigenvalue weighted by Crippen LogP contribution is 2.12. The molecule has 0 amide bonds. The van der Waals surface area contributed by atoms with E-state index in [1.807, 2.05) is 6.92 Å². The lowest BCUT2D eigenvalue weighted by atomic mass is 10.0. The van der Waals surface area contributed by atoms with Gasteiger partial charge in [-0.3, -0.25) is 0 Å². The fourth-order valence-corrected chi connectivity index (χ4v) is 3.13. The van der Waals surface area contributed by atoms with Gasteiger partial charge in [0.15, 0.2) is 0 Å². The third kappa shape index (κ3) is 25.1. The van der Waals surface area contributed by atoms with Crippen LogP contribution in [0, 0.1) is 0 Å². The highest BCUT2D eigenvalue weighted by Gasteiger charge is 1.97. The Morgan fingerprint density at radius 3 is 1.54 bits per heavy atom. The predicted molar refractivity (Wildman–Crippen MR) is 106 cm³/mol. The van der Waals surface area contributed by atoms with Crippen molar-refractivity contribution in [1.29, 1.82) is 0 Å². The Labute approximate surface area is 171 Å². The van der Waals surface area contributed by atoms with Crippen LogP contribution in [-0.2, 0) is 4.74 Å². The maximum atomic E-state index is 5.45. The van der Waals surface area contributed by atoms with E-state index in [2.05, 4.69) is 28.2 Å². The Balaban J connectivity index is 0. The molecule has 0 saturated carbocycles. The Bertz CT molecular complexity index is 216. The standard InChI is InChI=1S/C20H42BrNO.BrH/c1-3-4-5-6-7-8-9-10-11-12-13-14-15-16-17-22-18-19-23-20(2)21;/h20,22H,3-19H2,1-2H3;1H. The van der Waals surface area contributed by atoms with Crippen LogP contribution in [0.5, 0.6) is 0 Å². The summed E-state index contributed by atoms with van der Waals surface area (Å²) in [7, 11) is 0. The average Bonchev–Trinajstić information content (AvgIpc) is 2.53. The van der Waals surface area contributed by atoms with Gasteiger partial charge in [-0.15, -0.1) is 0 Å². The van der Waals surface area contributed by atoms with Crippen molar-refractivity contribution in [3.63, 3.8) is 0 Å². The molecule has 0 aromatic heterocycles. The lowest BCUT2D eigenvalue weighted by molar-refractivity contribution is -0.656. The first-order valence-corrected chi connectivity index (χ1v) is 11.3. The van der Waals surface area contributed by atoms with Crippen molar-refractivity contribution < 1.29 is 27.0 Å². The van der Waals surface area contributed by atoms with Gasteiger partial charge in [0, 0.05) is 0 Å². The van der Waals surface area contributed by atoms with Gasteiger partial charge in [-0.1, -0.05) is 99.9 Å². The summed E-state index contributed by atoms with van der Waals surface area (Å²) >= 11 is 3.39. The lowest BCUT2D eigenvalue weighted by Gasteiger charge is -2.05. The molecule has 0 aromatic carbocycles. The summed E-state index contributed by atoms with van der Waals surface area (Å²) in [6, 6.07) is 0. The fraction of sp³-hybridized carbons (Fsp3) is 1.00. The second-order valence-electron chi connectivity index (χ2n) is 6.88. The molecule has 0 saturated heterocycles. The van der Waals surface area contributed by atoms with Crippen LogP contribution in [0.3, 0.4) is 0 Å². The number of alkyl halides is 1. The summed E-state index contributed by atoms with van der Waals surface area (Å²) in [4.78, 5) is 0. The summed E-state index contributed by atoms with van der Waals surface area (Å²) < 4.78 is 5.45. The molecular formula is C20H43Br2NO. The Kier molecular flexibility index (Phi) is 27.0. The fourth-order valence-electron chi connectivity index (χ4n) is 2.94. The first-order chi connectivity index (χ1) is 11.3. The quantitative estimate of drug-likeness (QED) is 0.227. The average molecular weight is 473 g/mol. The van der Waals surface area contributed by atoms with Gasteiger partial charge < -0.3 is 27.0 Å². The summed E-state index contributed by atoms with van der Waals surface area (Å²) in [5, 5.41) is 2.58. The molecule has 0 fully saturated rings. The largest absolute Gasteiger partial charge is 1.00 e. The molecule has 2 nitrogen and oxygen atoms in total. The SMILES string of the molecule is CCCCCCCCCCCCCCCC[NH2+]CCOC(C)Br.[Br-]. The minimum absolute atomic E-state index is 0. The first kappa shape index (κ1) is 27.1. The molecule has 0 aromatic rings. The summed E-state index contributed by atoms with van der Waals surface area (Å²) in [6.45, 7) is 7.52. The summed E-state index contributed by atoms with van der Waals surface area (Å²) in [6.07, 6.45) is 20.1. The van der Waals surface area contributed by atoms with Crippen LogP contribution in [-0.4, -0.2) is 24.7 Å². The second-order valence-corrected chi connectivity index (χ2v) is 8.17. The first-order valence-electron chi connectivity index (χ1n) is 10.3. The van der Waals surface area contributed by atoms with Crippen molar-refractivity contribution in [3.05, 3.63) is 0 Å². The molecule has 0 aliphatic rings. The number of quaternary nitrogens is 1. The van der Waals surface area contributed by atoms with Gasteiger partial charge in [0.25, 0.3) is 0 Å². The van der Waals surface area contributed by atoms with E-state index in [1.165, 1.54) is 96.4 Å². The minimum Gasteiger partial charge on any atom is -1.00 e. The van der Waals surface area contributed by atoms with Crippen LogP contribution in [0.25, 0.3) is 0 Å². The predicted octanol–water partition coefficient (Wildman–Crippen LogP) is 2.79. The zero-order chi connectivity index (χ0) is 17.0. The molecule has 1 atom stereocenters. The number of ether oxygens (including phenoxy) is 1. The molecule has 0 rings (SSSR count). The van der Waals surface area contributed by atoms with Gasteiger partial charge in [-0.25, -0.2) is 0 Å². The maximum absolute atomic E-state index is 5.45. The van der Waals surface area contributed by atoms with Crippen LogP contribution in [0.4, 0.5) is 0 Å². The molecular weight excluding hydrogens is 430 g/mol. The molecule has 0 aliphatic heterocycles. The van der Waals surface area contributed by atoms with Crippen LogP contribution in [0.15, 0.2) is 0 Å². The number of hydrogen-bond donors (Lipinski definition) is 1. The van der Waals surface area contributed by atoms with Crippen LogP contribution in [0.1, 0.15) is 104 Å². The topological polar surface area (TPSA) is 25.8 Å². The molecule has 1 unspecified atom stereocenters. The maximum Gasteiger partial charge on any atom is 0.110 e. The molecule has 0 spiro atoms. The highest BCUT2D eigenvalue weighted by molar-refractivity contribution is 9.09. The minimum atomic E-state index is 0. The van der Waals surface area contributed by atoms with Crippen molar-refractivity contribution in [3.8, 4) is 0 Å². The van der Waals surface area contributed by atoms with Crippen molar-refractivity contribution in [2.75, 3.05) is 19.7 Å². The molecule has 0 bridgehead atoms. The molecule has 0 heterocycles. The van der Waals surface area contributed by atoms with Gasteiger partial charge in [0.2, 0.25) is 0 Å². The molecule has 4 heteroatoms. The van der Waals surface area contributed by atoms with Crippen molar-refractivity contribution in [2.24, 2.45) is 0 Å². The van der Waals surface area contributed by atoms with E-state index in [0.29, 0.717) is 0 Å². The number of halogens is 2. The van der Waals surface area contributed by atoms with Gasteiger partial charge in [-0.05, 0) is 19.8 Å². The number of unbranched alkanes of at least 4 members (excludes halogenated alkanes) is 13. The zero-order valence-electron chi connectivity index (χ0n) is 16.3. The highest BCUT2D eigenvalue weighted by atomic mass is 79.9. The van der Waals surface area contributed by atoms with E-state index in [9.17, 15) is 0 Å². The van der Waals surface area contributed by atoms with Gasteiger partial charge in [0.1, 0.15) is 5.01 Å². The Morgan fingerprint density at radius 2 is 1.12 bits per heavy atom. The third-order valence-corrected chi connectivity index (χ3v) is 4.70. The van der Waals surface area contributed by atoms with E-state index < -0.39 is 0 Å². The summed E-state index contributed by atoms with van der Waals surface area (Å²) in [5.41, 5.74) is 0. The molecule has 0 radical (unpaired) electrons. The Hall–Kier alpha value is 0.880. The van der Waals surface area contributed by atoms with E-state index in [1.54, 1.807) is 0 Å². The van der Waals surface area contributed by atoms with Crippen LogP contribution in [0.2, 0.25) is 0 Å². The van der Waals surface area contributed by atoms with E-state index in [-0.39, 0.29) is 22.0 Å². The molecule has 2 N–H and O–H groups in total. The normalized spacial score (nSPS) is 12.1. The monoisotopic (exact) mass is 471 g/mol. The van der Waals surface area contributed by atoms with E-state index >= 15 is 0 Å². The van der Waals surface area contributed by atoms with Crippen molar-refractivity contribution >= 4 is 15.9 Å². The van der Waals surface area contributed by atoms with Gasteiger partial charge in [0.05, 0.1) is 19.7 Å². The lowest BCUT2D eigenvalue weighted by Crippen LogP contribution is -3.00. The number of rotatable bonds is 19. The Morgan fingerprint density at radius 1 is 0.708 bits per heavy atom. The number of hydrogen-bond acceptors (Lipinski definition) is 1. The summed E-state index contributed by atoms with van der Waals surface area (Å²) in [5.74, 6) is 0. The van der Waals surface area contributed by atoms with Crippen molar-refractivity contribution in [1.82, 2.24) is 0 Å². The third-order valence-electron chi connectivity index (χ3n) is 4.43. The molecule has 24 heavy (non-hydrogen) atoms. The van der Waals surface area contributed by atoms with E-state index in [0.717, 1.165) is 13.2 Å². The van der Waals surface area contributed by atoms with Crippen LogP contribution >= 0.6 is 15.9 Å². The second kappa shape index (κ2) is 23.9. The molecule has 0 aliphatic carbocycles. The molecule has 148 valence electrons. The van der Waals surface area contributed by atoms with Crippen LogP contribution < -0.4 is 22.3 Å². The smallest absolute Gasteiger partial charge is 0.110 e. The van der Waals surface area contributed by atoms with Gasteiger partial charge >= 0.3 is 0 Å².